The number of hydrogen-bond donors (Lipinski definition) is 2. The SMILES string of the molecule is Cc1ccccc1C(NC(=O)C1CCN(C(=O)OCc2ccccc2)CC1)c1ccc(=O)[nH]c1. The average Bonchev–Trinajstić information content (AvgIpc) is 2.87. The number of aromatic amines is 1. The monoisotopic (exact) mass is 459 g/mol. The molecular weight excluding hydrogens is 430 g/mol. The van der Waals surface area contributed by atoms with Gasteiger partial charge in [0.1, 0.15) is 6.61 Å². The summed E-state index contributed by atoms with van der Waals surface area (Å²) in [7, 11) is 0. The summed E-state index contributed by atoms with van der Waals surface area (Å²) in [5.41, 5.74) is 3.59. The Kier molecular flexibility index (Phi) is 7.42. The van der Waals surface area contributed by atoms with E-state index in [4.69, 9.17) is 4.74 Å². The van der Waals surface area contributed by atoms with Gasteiger partial charge in [-0.1, -0.05) is 54.6 Å². The Hall–Kier alpha value is -3.87. The van der Waals surface area contributed by atoms with Gasteiger partial charge in [0.2, 0.25) is 11.5 Å². The second-order valence-electron chi connectivity index (χ2n) is 8.59. The lowest BCUT2D eigenvalue weighted by Crippen LogP contribution is -2.44. The van der Waals surface area contributed by atoms with Gasteiger partial charge in [-0.15, -0.1) is 0 Å². The van der Waals surface area contributed by atoms with Gasteiger partial charge in [0.05, 0.1) is 6.04 Å². The van der Waals surface area contributed by atoms with Gasteiger partial charge in [0, 0.05) is 31.3 Å². The number of ether oxygens (including phenoxy) is 1. The molecule has 7 heteroatoms. The molecule has 0 aliphatic carbocycles. The third-order valence-corrected chi connectivity index (χ3v) is 6.26. The van der Waals surface area contributed by atoms with E-state index in [2.05, 4.69) is 10.3 Å². The molecule has 0 radical (unpaired) electrons. The summed E-state index contributed by atoms with van der Waals surface area (Å²) in [5.74, 6) is -0.260. The van der Waals surface area contributed by atoms with Crippen LogP contribution < -0.4 is 10.9 Å². The molecule has 3 aromatic rings. The standard InChI is InChI=1S/C27H29N3O4/c1-19-7-5-6-10-23(19)25(22-11-12-24(31)28-17-22)29-26(32)21-13-15-30(16-14-21)27(33)34-18-20-8-3-2-4-9-20/h2-12,17,21,25H,13-16,18H2,1H3,(H,28,31)(H,29,32). The van der Waals surface area contributed by atoms with Crippen molar-refractivity contribution in [3.63, 3.8) is 0 Å². The van der Waals surface area contributed by atoms with Gasteiger partial charge in [-0.3, -0.25) is 9.59 Å². The minimum atomic E-state index is -0.376. The van der Waals surface area contributed by atoms with Gasteiger partial charge in [-0.25, -0.2) is 4.79 Å². The van der Waals surface area contributed by atoms with Gasteiger partial charge in [-0.2, -0.15) is 0 Å². The van der Waals surface area contributed by atoms with Crippen molar-refractivity contribution in [1.82, 2.24) is 15.2 Å². The van der Waals surface area contributed by atoms with Crippen LogP contribution in [0.4, 0.5) is 4.79 Å². The van der Waals surface area contributed by atoms with Gasteiger partial charge in [0.15, 0.2) is 0 Å². The molecule has 2 heterocycles. The number of hydrogen-bond acceptors (Lipinski definition) is 4. The number of piperidine rings is 1. The predicted molar refractivity (Wildman–Crippen MR) is 129 cm³/mol. The van der Waals surface area contributed by atoms with Crippen molar-refractivity contribution in [3.05, 3.63) is 106 Å². The number of carbonyl (C=O) groups is 2. The number of nitrogens with one attached hydrogen (secondary N) is 2. The fraction of sp³-hybridized carbons (Fsp3) is 0.296. The highest BCUT2D eigenvalue weighted by atomic mass is 16.6. The Morgan fingerprint density at radius 2 is 1.74 bits per heavy atom. The van der Waals surface area contributed by atoms with E-state index in [0.717, 1.165) is 22.3 Å². The minimum absolute atomic E-state index is 0.0586. The number of H-pyrrole nitrogens is 1. The van der Waals surface area contributed by atoms with Crippen molar-refractivity contribution in [2.45, 2.75) is 32.4 Å². The van der Waals surface area contributed by atoms with Crippen LogP contribution in [0.25, 0.3) is 0 Å². The number of benzene rings is 2. The van der Waals surface area contributed by atoms with Crippen molar-refractivity contribution < 1.29 is 14.3 Å². The first-order valence-electron chi connectivity index (χ1n) is 11.5. The van der Waals surface area contributed by atoms with Crippen LogP contribution in [0.15, 0.2) is 77.7 Å². The summed E-state index contributed by atoms with van der Waals surface area (Å²) in [5, 5.41) is 3.17. The molecule has 1 aromatic heterocycles. The van der Waals surface area contributed by atoms with E-state index in [-0.39, 0.29) is 36.1 Å². The zero-order valence-corrected chi connectivity index (χ0v) is 19.2. The van der Waals surface area contributed by atoms with Crippen molar-refractivity contribution in [3.8, 4) is 0 Å². The topological polar surface area (TPSA) is 91.5 Å². The molecule has 1 saturated heterocycles. The average molecular weight is 460 g/mol. The maximum atomic E-state index is 13.2. The number of aryl methyl sites for hydroxylation is 1. The highest BCUT2D eigenvalue weighted by Crippen LogP contribution is 2.26. The van der Waals surface area contributed by atoms with Crippen LogP contribution in [-0.2, 0) is 16.1 Å². The molecule has 1 aliphatic rings. The van der Waals surface area contributed by atoms with E-state index in [0.29, 0.717) is 25.9 Å². The lowest BCUT2D eigenvalue weighted by molar-refractivity contribution is -0.126. The van der Waals surface area contributed by atoms with Crippen LogP contribution in [0, 0.1) is 12.8 Å². The maximum Gasteiger partial charge on any atom is 0.410 e. The van der Waals surface area contributed by atoms with E-state index < -0.39 is 0 Å². The Labute approximate surface area is 198 Å². The molecule has 7 nitrogen and oxygen atoms in total. The van der Waals surface area contributed by atoms with Crippen LogP contribution in [-0.4, -0.2) is 35.0 Å². The van der Waals surface area contributed by atoms with E-state index in [1.54, 1.807) is 17.2 Å². The van der Waals surface area contributed by atoms with Crippen LogP contribution in [0.1, 0.15) is 41.1 Å². The summed E-state index contributed by atoms with van der Waals surface area (Å²) >= 11 is 0. The summed E-state index contributed by atoms with van der Waals surface area (Å²) < 4.78 is 5.42. The molecule has 1 atom stereocenters. The number of aromatic nitrogens is 1. The summed E-state index contributed by atoms with van der Waals surface area (Å²) in [4.78, 5) is 41.5. The van der Waals surface area contributed by atoms with E-state index in [9.17, 15) is 14.4 Å². The molecule has 0 spiro atoms. The first kappa shape index (κ1) is 23.3. The number of amides is 2. The first-order valence-corrected chi connectivity index (χ1v) is 11.5. The quantitative estimate of drug-likeness (QED) is 0.584. The molecule has 1 aliphatic heterocycles. The number of likely N-dealkylation sites (tertiary alicyclic amines) is 1. The first-order chi connectivity index (χ1) is 16.5. The summed E-state index contributed by atoms with van der Waals surface area (Å²) in [6.07, 6.45) is 2.43. The van der Waals surface area contributed by atoms with Crippen LogP contribution in [0.2, 0.25) is 0 Å². The minimum Gasteiger partial charge on any atom is -0.445 e. The highest BCUT2D eigenvalue weighted by Gasteiger charge is 2.30. The second kappa shape index (κ2) is 10.8. The molecule has 2 N–H and O–H groups in total. The van der Waals surface area contributed by atoms with Crippen molar-refractivity contribution >= 4 is 12.0 Å². The van der Waals surface area contributed by atoms with Crippen LogP contribution in [0.5, 0.6) is 0 Å². The molecule has 2 amide bonds. The smallest absolute Gasteiger partial charge is 0.410 e. The Morgan fingerprint density at radius 1 is 1.03 bits per heavy atom. The van der Waals surface area contributed by atoms with Gasteiger partial charge < -0.3 is 19.9 Å². The molecule has 4 rings (SSSR count). The highest BCUT2D eigenvalue weighted by molar-refractivity contribution is 5.80. The molecule has 1 unspecified atom stereocenters. The maximum absolute atomic E-state index is 13.2. The van der Waals surface area contributed by atoms with E-state index in [1.165, 1.54) is 6.07 Å². The van der Waals surface area contributed by atoms with Gasteiger partial charge >= 0.3 is 6.09 Å². The fourth-order valence-electron chi connectivity index (χ4n) is 4.25. The zero-order chi connectivity index (χ0) is 23.9. The second-order valence-corrected chi connectivity index (χ2v) is 8.59. The summed E-state index contributed by atoms with van der Waals surface area (Å²) in [6, 6.07) is 20.3. The molecule has 0 bridgehead atoms. The third kappa shape index (κ3) is 5.73. The lowest BCUT2D eigenvalue weighted by atomic mass is 9.92. The largest absolute Gasteiger partial charge is 0.445 e. The molecule has 0 saturated carbocycles. The third-order valence-electron chi connectivity index (χ3n) is 6.26. The number of rotatable bonds is 6. The fourth-order valence-corrected chi connectivity index (χ4v) is 4.25. The Morgan fingerprint density at radius 3 is 2.41 bits per heavy atom. The number of pyridine rings is 1. The number of nitrogens with zero attached hydrogens (tertiary/aromatic N) is 1. The number of carbonyl (C=O) groups excluding carboxylic acids is 2. The molecule has 34 heavy (non-hydrogen) atoms. The molecule has 176 valence electrons. The predicted octanol–water partition coefficient (Wildman–Crippen LogP) is 3.94. The van der Waals surface area contributed by atoms with Gasteiger partial charge in [0.25, 0.3) is 0 Å². The van der Waals surface area contributed by atoms with Crippen molar-refractivity contribution in [1.29, 1.82) is 0 Å². The van der Waals surface area contributed by atoms with Gasteiger partial charge in [-0.05, 0) is 48.1 Å². The Balaban J connectivity index is 1.37. The lowest BCUT2D eigenvalue weighted by Gasteiger charge is -2.32. The van der Waals surface area contributed by atoms with Crippen molar-refractivity contribution in [2.24, 2.45) is 5.92 Å². The normalized spacial score (nSPS) is 14.9. The van der Waals surface area contributed by atoms with Crippen molar-refractivity contribution in [2.75, 3.05) is 13.1 Å². The summed E-state index contributed by atoms with van der Waals surface area (Å²) in [6.45, 7) is 3.18. The van der Waals surface area contributed by atoms with E-state index in [1.807, 2.05) is 61.5 Å². The van der Waals surface area contributed by atoms with E-state index >= 15 is 0 Å². The zero-order valence-electron chi connectivity index (χ0n) is 19.2. The Bertz CT molecular complexity index is 1160. The molecular formula is C27H29N3O4. The van der Waals surface area contributed by atoms with Crippen LogP contribution >= 0.6 is 0 Å². The molecule has 2 aromatic carbocycles. The molecule has 1 fully saturated rings. The van der Waals surface area contributed by atoms with Crippen LogP contribution in [0.3, 0.4) is 0 Å².